The maximum atomic E-state index is 13.3. The van der Waals surface area contributed by atoms with E-state index in [0.717, 1.165) is 33.4 Å². The molecular weight excluding hydrogens is 508 g/mol. The zero-order valence-electron chi connectivity index (χ0n) is 22.3. The molecule has 192 valence electrons. The lowest BCUT2D eigenvalue weighted by Gasteiger charge is -2.49. The maximum Gasteiger partial charge on any atom is 0.258 e. The van der Waals surface area contributed by atoms with E-state index in [0.29, 0.717) is 0 Å². The van der Waals surface area contributed by atoms with Crippen LogP contribution in [0.1, 0.15) is 27.8 Å². The van der Waals surface area contributed by atoms with Gasteiger partial charge in [-0.3, -0.25) is 4.79 Å². The smallest absolute Gasteiger partial charge is 0.258 e. The van der Waals surface area contributed by atoms with Crippen LogP contribution in [0.4, 0.5) is 17.1 Å². The molecule has 0 aliphatic carbocycles. The van der Waals surface area contributed by atoms with Crippen LogP contribution >= 0.6 is 11.8 Å². The van der Waals surface area contributed by atoms with Gasteiger partial charge in [0.05, 0.1) is 16.8 Å². The Hall–Kier alpha value is -4.54. The van der Waals surface area contributed by atoms with Crippen molar-refractivity contribution in [1.29, 1.82) is 0 Å². The molecule has 40 heavy (non-hydrogen) atoms. The Balaban J connectivity index is 1.50. The lowest BCUT2D eigenvalue weighted by molar-refractivity contribution is 0.692. The van der Waals surface area contributed by atoms with E-state index in [2.05, 4.69) is 127 Å². The minimum Gasteiger partial charge on any atom is -0.318 e. The Morgan fingerprint density at radius 1 is 0.625 bits per heavy atom. The van der Waals surface area contributed by atoms with Gasteiger partial charge in [0.25, 0.3) is 5.56 Å². The van der Waals surface area contributed by atoms with E-state index in [-0.39, 0.29) is 5.56 Å². The monoisotopic (exact) mass is 534 g/mol. The van der Waals surface area contributed by atoms with Gasteiger partial charge in [-0.05, 0) is 76.5 Å². The van der Waals surface area contributed by atoms with Crippen LogP contribution in [0, 0.1) is 6.92 Å². The normalized spacial score (nSPS) is 14.4. The van der Waals surface area contributed by atoms with Crippen LogP contribution in [-0.4, -0.2) is 4.57 Å². The molecule has 0 radical (unpaired) electrons. The van der Waals surface area contributed by atoms with Gasteiger partial charge in [0.1, 0.15) is 0 Å². The molecule has 0 unspecified atom stereocenters. The highest BCUT2D eigenvalue weighted by Gasteiger charge is 2.50. The summed E-state index contributed by atoms with van der Waals surface area (Å²) in [5.74, 6) is 0. The average Bonchev–Trinajstić information content (AvgIpc) is 3.00. The second kappa shape index (κ2) is 8.48. The molecule has 0 amide bonds. The number of benzene rings is 5. The Bertz CT molecular complexity index is 1960. The highest BCUT2D eigenvalue weighted by Crippen LogP contribution is 2.62. The standard InChI is InChI=1S/C36H26N2OS/c1-23-22-37(2)35(39)26-21-24(19-20-25(23)26)38-31-15-7-3-11-27(31)36(28-12-4-8-16-32(28)38)29-13-5-9-17-33(29)40-34-18-10-6-14-30(34)36/h3-22H,1-2H3. The van der Waals surface area contributed by atoms with Crippen molar-refractivity contribution in [2.24, 2.45) is 7.05 Å². The fourth-order valence-electron chi connectivity index (χ4n) is 6.90. The predicted molar refractivity (Wildman–Crippen MR) is 165 cm³/mol. The number of para-hydroxylation sites is 2. The number of hydrogen-bond donors (Lipinski definition) is 0. The molecule has 3 heterocycles. The van der Waals surface area contributed by atoms with Crippen molar-refractivity contribution in [2.45, 2.75) is 22.1 Å². The van der Waals surface area contributed by atoms with Crippen molar-refractivity contribution in [3.63, 3.8) is 0 Å². The van der Waals surface area contributed by atoms with Gasteiger partial charge in [-0.2, -0.15) is 0 Å². The molecule has 0 N–H and O–H groups in total. The Kier molecular flexibility index (Phi) is 4.95. The minimum absolute atomic E-state index is 0.0182. The first kappa shape index (κ1) is 23.4. The summed E-state index contributed by atoms with van der Waals surface area (Å²) in [6, 6.07) is 41.5. The lowest BCUT2D eigenvalue weighted by atomic mass is 9.62. The molecule has 0 fully saturated rings. The Morgan fingerprint density at radius 2 is 1.15 bits per heavy atom. The van der Waals surface area contributed by atoms with Crippen LogP contribution in [0.3, 0.4) is 0 Å². The van der Waals surface area contributed by atoms with Crippen LogP contribution in [-0.2, 0) is 12.5 Å². The second-order valence-corrected chi connectivity index (χ2v) is 11.8. The molecule has 4 heteroatoms. The number of hydrogen-bond acceptors (Lipinski definition) is 3. The third-order valence-corrected chi connectivity index (χ3v) is 9.68. The van der Waals surface area contributed by atoms with E-state index in [9.17, 15) is 4.79 Å². The number of anilines is 3. The summed E-state index contributed by atoms with van der Waals surface area (Å²) in [6.45, 7) is 2.06. The molecule has 0 saturated carbocycles. The van der Waals surface area contributed by atoms with Crippen LogP contribution in [0.5, 0.6) is 0 Å². The summed E-state index contributed by atoms with van der Waals surface area (Å²) in [7, 11) is 1.83. The van der Waals surface area contributed by atoms with Crippen LogP contribution in [0.15, 0.2) is 136 Å². The van der Waals surface area contributed by atoms with Crippen molar-refractivity contribution in [2.75, 3.05) is 4.90 Å². The zero-order valence-corrected chi connectivity index (χ0v) is 23.1. The highest BCUT2D eigenvalue weighted by atomic mass is 32.2. The topological polar surface area (TPSA) is 25.2 Å². The number of nitrogens with zero attached hydrogens (tertiary/aromatic N) is 2. The van der Waals surface area contributed by atoms with E-state index in [1.54, 1.807) is 4.57 Å². The maximum absolute atomic E-state index is 13.3. The second-order valence-electron chi connectivity index (χ2n) is 10.7. The van der Waals surface area contributed by atoms with Crippen molar-refractivity contribution in [1.82, 2.24) is 4.57 Å². The first-order valence-electron chi connectivity index (χ1n) is 13.5. The SMILES string of the molecule is Cc1cn(C)c(=O)c2cc(N3c4ccccc4C4(c5ccccc5Sc5ccccc54)c4ccccc43)ccc12. The van der Waals surface area contributed by atoms with Crippen molar-refractivity contribution < 1.29 is 0 Å². The molecule has 0 bridgehead atoms. The molecule has 2 aliphatic heterocycles. The molecule has 0 atom stereocenters. The zero-order chi connectivity index (χ0) is 27.0. The van der Waals surface area contributed by atoms with Gasteiger partial charge in [0.15, 0.2) is 0 Å². The van der Waals surface area contributed by atoms with Crippen molar-refractivity contribution in [3.8, 4) is 0 Å². The minimum atomic E-state index is -0.467. The summed E-state index contributed by atoms with van der Waals surface area (Å²) in [5, 5.41) is 1.73. The van der Waals surface area contributed by atoms with Crippen molar-refractivity contribution >= 4 is 39.6 Å². The van der Waals surface area contributed by atoms with Crippen molar-refractivity contribution in [3.05, 3.63) is 160 Å². The fourth-order valence-corrected chi connectivity index (χ4v) is 8.09. The van der Waals surface area contributed by atoms with E-state index in [4.69, 9.17) is 0 Å². The molecule has 5 aromatic carbocycles. The highest BCUT2D eigenvalue weighted by molar-refractivity contribution is 7.99. The molecule has 3 nitrogen and oxygen atoms in total. The van der Waals surface area contributed by atoms with E-state index in [1.165, 1.54) is 32.0 Å². The molecule has 6 aromatic rings. The first-order valence-corrected chi connectivity index (χ1v) is 14.4. The first-order chi connectivity index (χ1) is 19.6. The fraction of sp³-hybridized carbons (Fsp3) is 0.0833. The van der Waals surface area contributed by atoms with E-state index in [1.807, 2.05) is 25.0 Å². The molecule has 2 aliphatic rings. The summed E-state index contributed by atoms with van der Waals surface area (Å²) in [6.07, 6.45) is 1.91. The Morgan fingerprint density at radius 3 is 1.75 bits per heavy atom. The van der Waals surface area contributed by atoms with Gasteiger partial charge in [0, 0.05) is 34.1 Å². The summed E-state index contributed by atoms with van der Waals surface area (Å²) < 4.78 is 1.68. The van der Waals surface area contributed by atoms with Gasteiger partial charge in [-0.25, -0.2) is 0 Å². The molecular formula is C36H26N2OS. The van der Waals surface area contributed by atoms with Crippen LogP contribution < -0.4 is 10.5 Å². The predicted octanol–water partition coefficient (Wildman–Crippen LogP) is 8.48. The van der Waals surface area contributed by atoms with Crippen LogP contribution in [0.2, 0.25) is 0 Å². The van der Waals surface area contributed by atoms with Gasteiger partial charge in [-0.15, -0.1) is 0 Å². The number of aromatic nitrogens is 1. The third-order valence-electron chi connectivity index (χ3n) is 8.52. The molecule has 1 spiro atoms. The quantitative estimate of drug-likeness (QED) is 0.211. The van der Waals surface area contributed by atoms with E-state index < -0.39 is 5.41 Å². The Labute approximate surface area is 237 Å². The van der Waals surface area contributed by atoms with Gasteiger partial charge in [-0.1, -0.05) is 90.6 Å². The summed E-state index contributed by atoms with van der Waals surface area (Å²) in [5.41, 5.74) is 8.98. The summed E-state index contributed by atoms with van der Waals surface area (Å²) in [4.78, 5) is 18.2. The van der Waals surface area contributed by atoms with Crippen LogP contribution in [0.25, 0.3) is 10.8 Å². The van der Waals surface area contributed by atoms with E-state index >= 15 is 0 Å². The molecule has 0 saturated heterocycles. The van der Waals surface area contributed by atoms with Gasteiger partial charge in [0.2, 0.25) is 0 Å². The number of fused-ring (bicyclic) bond motifs is 9. The molecule has 1 aromatic heterocycles. The number of pyridine rings is 1. The lowest BCUT2D eigenvalue weighted by Crippen LogP contribution is -2.39. The van der Waals surface area contributed by atoms with Gasteiger partial charge < -0.3 is 9.47 Å². The third kappa shape index (κ3) is 3.00. The summed E-state index contributed by atoms with van der Waals surface area (Å²) >= 11 is 1.85. The number of aryl methyl sites for hydroxylation is 2. The average molecular weight is 535 g/mol. The number of rotatable bonds is 1. The molecule has 8 rings (SSSR count). The van der Waals surface area contributed by atoms with Gasteiger partial charge >= 0.3 is 0 Å². The largest absolute Gasteiger partial charge is 0.318 e.